The van der Waals surface area contributed by atoms with E-state index >= 15 is 0 Å². The number of rotatable bonds is 3. The van der Waals surface area contributed by atoms with E-state index in [1.165, 1.54) is 12.1 Å². The standard InChI is InChI=1S/C12H13N3O4S/c1-9-4-5-10(15(16)17)7-12(9)20(18,19)14-6-2-3-11(14)8-13/h4-5,7,11H,2-3,6H2,1H3. The molecule has 1 heterocycles. The molecule has 1 aliphatic rings. The first-order valence-corrected chi connectivity index (χ1v) is 7.48. The number of aryl methyl sites for hydroxylation is 1. The van der Waals surface area contributed by atoms with Gasteiger partial charge in [0, 0.05) is 18.7 Å². The summed E-state index contributed by atoms with van der Waals surface area (Å²) in [7, 11) is -3.88. The monoisotopic (exact) mass is 295 g/mol. The van der Waals surface area contributed by atoms with Gasteiger partial charge in [0.2, 0.25) is 10.0 Å². The predicted octanol–water partition coefficient (Wildman–Crippen LogP) is 1.58. The number of hydrogen-bond donors (Lipinski definition) is 0. The zero-order valence-electron chi connectivity index (χ0n) is 10.8. The van der Waals surface area contributed by atoms with Crippen LogP contribution in [0.5, 0.6) is 0 Å². The van der Waals surface area contributed by atoms with E-state index in [0.29, 0.717) is 18.4 Å². The maximum absolute atomic E-state index is 12.6. The summed E-state index contributed by atoms with van der Waals surface area (Å²) in [5.41, 5.74) is 0.154. The molecule has 1 atom stereocenters. The average Bonchev–Trinajstić information content (AvgIpc) is 2.87. The van der Waals surface area contributed by atoms with E-state index in [0.717, 1.165) is 10.4 Å². The molecule has 0 N–H and O–H groups in total. The van der Waals surface area contributed by atoms with Crippen LogP contribution in [-0.4, -0.2) is 30.2 Å². The third kappa shape index (κ3) is 2.37. The maximum Gasteiger partial charge on any atom is 0.270 e. The Bertz CT molecular complexity index is 693. The quantitative estimate of drug-likeness (QED) is 0.622. The Balaban J connectivity index is 2.52. The highest BCUT2D eigenvalue weighted by Gasteiger charge is 2.36. The molecule has 0 spiro atoms. The summed E-state index contributed by atoms with van der Waals surface area (Å²) in [5.74, 6) is 0. The van der Waals surface area contributed by atoms with Gasteiger partial charge in [0.15, 0.2) is 0 Å². The molecule has 8 heteroatoms. The van der Waals surface area contributed by atoms with Gasteiger partial charge in [-0.1, -0.05) is 6.07 Å². The molecule has 1 unspecified atom stereocenters. The molecular formula is C12H13N3O4S. The van der Waals surface area contributed by atoms with E-state index in [2.05, 4.69) is 0 Å². The highest BCUT2D eigenvalue weighted by molar-refractivity contribution is 7.89. The van der Waals surface area contributed by atoms with E-state index in [9.17, 15) is 18.5 Å². The summed E-state index contributed by atoms with van der Waals surface area (Å²) in [6, 6.07) is 4.99. The van der Waals surface area contributed by atoms with Crippen molar-refractivity contribution in [2.45, 2.75) is 30.7 Å². The number of hydrogen-bond acceptors (Lipinski definition) is 5. The number of nitro benzene ring substituents is 1. The highest BCUT2D eigenvalue weighted by atomic mass is 32.2. The van der Waals surface area contributed by atoms with Crippen molar-refractivity contribution in [3.8, 4) is 6.07 Å². The molecule has 1 aromatic carbocycles. The molecule has 0 aromatic heterocycles. The van der Waals surface area contributed by atoms with Crippen molar-refractivity contribution in [1.29, 1.82) is 5.26 Å². The first-order valence-electron chi connectivity index (χ1n) is 6.04. The van der Waals surface area contributed by atoms with Crippen molar-refractivity contribution in [1.82, 2.24) is 4.31 Å². The Kier molecular flexibility index (Phi) is 3.74. The van der Waals surface area contributed by atoms with E-state index in [4.69, 9.17) is 5.26 Å². The lowest BCUT2D eigenvalue weighted by molar-refractivity contribution is -0.385. The van der Waals surface area contributed by atoms with Gasteiger partial charge in [-0.05, 0) is 25.3 Å². The van der Waals surface area contributed by atoms with E-state index in [-0.39, 0.29) is 17.1 Å². The van der Waals surface area contributed by atoms with Crippen LogP contribution in [0.15, 0.2) is 23.1 Å². The number of non-ortho nitro benzene ring substituents is 1. The Morgan fingerprint density at radius 2 is 2.20 bits per heavy atom. The van der Waals surface area contributed by atoms with Gasteiger partial charge in [0.05, 0.1) is 15.9 Å². The number of nitriles is 1. The van der Waals surface area contributed by atoms with Crippen molar-refractivity contribution in [3.05, 3.63) is 33.9 Å². The molecule has 2 rings (SSSR count). The molecular weight excluding hydrogens is 282 g/mol. The minimum atomic E-state index is -3.88. The molecule has 0 radical (unpaired) electrons. The Labute approximate surface area is 116 Å². The molecule has 1 aliphatic heterocycles. The van der Waals surface area contributed by atoms with Crippen LogP contribution in [-0.2, 0) is 10.0 Å². The van der Waals surface area contributed by atoms with Crippen molar-refractivity contribution in [2.24, 2.45) is 0 Å². The summed E-state index contributed by atoms with van der Waals surface area (Å²) in [5, 5.41) is 19.8. The van der Waals surface area contributed by atoms with Gasteiger partial charge in [0.1, 0.15) is 6.04 Å². The van der Waals surface area contributed by atoms with Crippen LogP contribution in [0, 0.1) is 28.4 Å². The van der Waals surface area contributed by atoms with Gasteiger partial charge in [-0.25, -0.2) is 8.42 Å². The molecule has 0 amide bonds. The van der Waals surface area contributed by atoms with Crippen LogP contribution in [0.2, 0.25) is 0 Å². The third-order valence-electron chi connectivity index (χ3n) is 3.32. The summed E-state index contributed by atoms with van der Waals surface area (Å²) in [6.45, 7) is 1.84. The second kappa shape index (κ2) is 5.19. The van der Waals surface area contributed by atoms with Crippen molar-refractivity contribution in [2.75, 3.05) is 6.54 Å². The molecule has 0 aliphatic carbocycles. The van der Waals surface area contributed by atoms with Crippen LogP contribution in [0.1, 0.15) is 18.4 Å². The lowest BCUT2D eigenvalue weighted by Crippen LogP contribution is -2.35. The fourth-order valence-electron chi connectivity index (χ4n) is 2.26. The lowest BCUT2D eigenvalue weighted by Gasteiger charge is -2.20. The topological polar surface area (TPSA) is 104 Å². The lowest BCUT2D eigenvalue weighted by atomic mass is 10.2. The Morgan fingerprint density at radius 1 is 1.50 bits per heavy atom. The van der Waals surface area contributed by atoms with Crippen molar-refractivity contribution >= 4 is 15.7 Å². The molecule has 20 heavy (non-hydrogen) atoms. The zero-order valence-corrected chi connectivity index (χ0v) is 11.6. The largest absolute Gasteiger partial charge is 0.270 e. The Hall–Kier alpha value is -1.98. The van der Waals surface area contributed by atoms with Gasteiger partial charge < -0.3 is 0 Å². The van der Waals surface area contributed by atoms with Gasteiger partial charge in [0.25, 0.3) is 5.69 Å². The second-order valence-electron chi connectivity index (χ2n) is 4.61. The Morgan fingerprint density at radius 3 is 2.80 bits per heavy atom. The molecule has 1 fully saturated rings. The summed E-state index contributed by atoms with van der Waals surface area (Å²) in [6.07, 6.45) is 1.11. The first kappa shape index (κ1) is 14.4. The van der Waals surface area contributed by atoms with Gasteiger partial charge in [-0.15, -0.1) is 0 Å². The van der Waals surface area contributed by atoms with Crippen LogP contribution in [0.4, 0.5) is 5.69 Å². The van der Waals surface area contributed by atoms with Gasteiger partial charge in [-0.3, -0.25) is 10.1 Å². The van der Waals surface area contributed by atoms with E-state index < -0.39 is 21.0 Å². The minimum absolute atomic E-state index is 0.103. The maximum atomic E-state index is 12.6. The fraction of sp³-hybridized carbons (Fsp3) is 0.417. The molecule has 1 aromatic rings. The normalized spacial score (nSPS) is 19.7. The van der Waals surface area contributed by atoms with Crippen molar-refractivity contribution in [3.63, 3.8) is 0 Å². The minimum Gasteiger partial charge on any atom is -0.258 e. The molecule has 106 valence electrons. The molecule has 0 saturated carbocycles. The van der Waals surface area contributed by atoms with Crippen LogP contribution >= 0.6 is 0 Å². The first-order chi connectivity index (χ1) is 9.37. The molecule has 1 saturated heterocycles. The fourth-order valence-corrected chi connectivity index (χ4v) is 4.12. The summed E-state index contributed by atoms with van der Waals surface area (Å²) >= 11 is 0. The third-order valence-corrected chi connectivity index (χ3v) is 5.37. The number of nitro groups is 1. The zero-order chi connectivity index (χ0) is 14.9. The smallest absolute Gasteiger partial charge is 0.258 e. The molecule has 7 nitrogen and oxygen atoms in total. The van der Waals surface area contributed by atoms with Crippen molar-refractivity contribution < 1.29 is 13.3 Å². The van der Waals surface area contributed by atoms with Crippen LogP contribution < -0.4 is 0 Å². The summed E-state index contributed by atoms with van der Waals surface area (Å²) in [4.78, 5) is 10.0. The second-order valence-corrected chi connectivity index (χ2v) is 6.47. The van der Waals surface area contributed by atoms with Crippen LogP contribution in [0.3, 0.4) is 0 Å². The predicted molar refractivity (Wildman–Crippen MR) is 70.4 cm³/mol. The van der Waals surface area contributed by atoms with E-state index in [1.807, 2.05) is 6.07 Å². The SMILES string of the molecule is Cc1ccc([N+](=O)[O-])cc1S(=O)(=O)N1CCCC1C#N. The number of nitrogens with zero attached hydrogens (tertiary/aromatic N) is 3. The molecule has 0 bridgehead atoms. The number of benzene rings is 1. The van der Waals surface area contributed by atoms with Gasteiger partial charge in [-0.2, -0.15) is 9.57 Å². The average molecular weight is 295 g/mol. The summed E-state index contributed by atoms with van der Waals surface area (Å²) < 4.78 is 26.2. The van der Waals surface area contributed by atoms with Gasteiger partial charge >= 0.3 is 0 Å². The van der Waals surface area contributed by atoms with E-state index in [1.54, 1.807) is 6.92 Å². The van der Waals surface area contributed by atoms with Crippen LogP contribution in [0.25, 0.3) is 0 Å². The highest BCUT2D eigenvalue weighted by Crippen LogP contribution is 2.29. The number of sulfonamides is 1.